The van der Waals surface area contributed by atoms with Crippen molar-refractivity contribution in [3.8, 4) is 0 Å². The zero-order valence-electron chi connectivity index (χ0n) is 6.06. The molecule has 75 valence electrons. The van der Waals surface area contributed by atoms with Crippen LogP contribution in [0.25, 0.3) is 0 Å². The van der Waals surface area contributed by atoms with E-state index in [1.807, 2.05) is 0 Å². The van der Waals surface area contributed by atoms with Gasteiger partial charge in [-0.15, -0.1) is 0 Å². The van der Waals surface area contributed by atoms with Gasteiger partial charge >= 0.3 is 10.2 Å². The second-order valence-electron chi connectivity index (χ2n) is 1.64. The van der Waals surface area contributed by atoms with Crippen LogP contribution >= 0.6 is 34.8 Å². The standard InChI is InChI=1S/C3H5N3O2S.CCl3/c4-9(7,8)6-3-1-2-5-6;2-1(3)4/h1-3H,(H2,4,7,8);. The Labute approximate surface area is 90.6 Å². The first-order chi connectivity index (χ1) is 5.84. The molecule has 2 N–H and O–H groups in total. The Morgan fingerprint density at radius 3 is 2.00 bits per heavy atom. The first-order valence-corrected chi connectivity index (χ1v) is 5.34. The van der Waals surface area contributed by atoms with Crippen LogP contribution in [0, 0.1) is 4.30 Å². The number of aromatic nitrogens is 2. The van der Waals surface area contributed by atoms with Crippen LogP contribution in [-0.2, 0) is 10.2 Å². The summed E-state index contributed by atoms with van der Waals surface area (Å²) in [6.07, 6.45) is 2.60. The van der Waals surface area contributed by atoms with E-state index in [1.54, 1.807) is 0 Å². The Morgan fingerprint density at radius 1 is 1.38 bits per heavy atom. The fourth-order valence-electron chi connectivity index (χ4n) is 0.405. The Morgan fingerprint density at radius 2 is 1.85 bits per heavy atom. The van der Waals surface area contributed by atoms with E-state index in [-0.39, 0.29) is 4.30 Å². The molecule has 1 radical (unpaired) electrons. The van der Waals surface area contributed by atoms with E-state index in [0.29, 0.717) is 4.09 Å². The van der Waals surface area contributed by atoms with Gasteiger partial charge in [0, 0.05) is 6.20 Å². The molecule has 9 heteroatoms. The zero-order valence-corrected chi connectivity index (χ0v) is 9.15. The molecule has 0 aromatic carbocycles. The molecule has 0 aliphatic heterocycles. The SMILES string of the molecule is Cl[C](Cl)Cl.NS(=O)(=O)n1cccn1. The molecular weight excluding hydrogens is 260 g/mol. The summed E-state index contributed by atoms with van der Waals surface area (Å²) in [5.41, 5.74) is 0. The predicted molar refractivity (Wildman–Crippen MR) is 51.5 cm³/mol. The van der Waals surface area contributed by atoms with E-state index in [9.17, 15) is 8.42 Å². The molecule has 0 saturated carbocycles. The van der Waals surface area contributed by atoms with Crippen LogP contribution in [-0.4, -0.2) is 17.6 Å². The molecule has 0 aliphatic rings. The monoisotopic (exact) mass is 264 g/mol. The van der Waals surface area contributed by atoms with Crippen molar-refractivity contribution in [1.82, 2.24) is 9.19 Å². The van der Waals surface area contributed by atoms with Gasteiger partial charge in [-0.3, -0.25) is 0 Å². The molecule has 1 rings (SSSR count). The fraction of sp³-hybridized carbons (Fsp3) is 0. The maximum Gasteiger partial charge on any atom is 0.317 e. The van der Waals surface area contributed by atoms with E-state index in [1.165, 1.54) is 18.5 Å². The number of nitrogens with zero attached hydrogens (tertiary/aromatic N) is 2. The average Bonchev–Trinajstić information content (AvgIpc) is 2.31. The first kappa shape index (κ1) is 13.0. The molecule has 13 heavy (non-hydrogen) atoms. The van der Waals surface area contributed by atoms with Gasteiger partial charge in [0.15, 0.2) is 0 Å². The molecule has 1 aromatic heterocycles. The third-order valence-electron chi connectivity index (χ3n) is 0.741. The molecule has 0 aliphatic carbocycles. The van der Waals surface area contributed by atoms with Crippen LogP contribution < -0.4 is 5.14 Å². The summed E-state index contributed by atoms with van der Waals surface area (Å²) in [5, 5.41) is 8.07. The van der Waals surface area contributed by atoms with Crippen molar-refractivity contribution in [2.75, 3.05) is 0 Å². The molecule has 0 saturated heterocycles. The lowest BCUT2D eigenvalue weighted by Crippen LogP contribution is -2.21. The summed E-state index contributed by atoms with van der Waals surface area (Å²) in [5.74, 6) is 0. The lowest BCUT2D eigenvalue weighted by atomic mass is 10.8. The summed E-state index contributed by atoms with van der Waals surface area (Å²) in [6, 6.07) is 1.48. The van der Waals surface area contributed by atoms with Crippen LogP contribution in [0.3, 0.4) is 0 Å². The minimum atomic E-state index is -3.65. The van der Waals surface area contributed by atoms with Crippen LogP contribution in [0.1, 0.15) is 0 Å². The minimum Gasteiger partial charge on any atom is -0.210 e. The zero-order chi connectivity index (χ0) is 10.5. The second-order valence-corrected chi connectivity index (χ2v) is 4.76. The molecule has 0 amide bonds. The highest BCUT2D eigenvalue weighted by atomic mass is 35.6. The van der Waals surface area contributed by atoms with Crippen molar-refractivity contribution in [3.05, 3.63) is 22.8 Å². The van der Waals surface area contributed by atoms with E-state index >= 15 is 0 Å². The molecular formula is C4H5Cl3N3O2S. The van der Waals surface area contributed by atoms with Gasteiger partial charge < -0.3 is 0 Å². The topological polar surface area (TPSA) is 78.0 Å². The van der Waals surface area contributed by atoms with Gasteiger partial charge in [0.05, 0.1) is 6.20 Å². The van der Waals surface area contributed by atoms with Crippen molar-refractivity contribution in [1.29, 1.82) is 0 Å². The first-order valence-electron chi connectivity index (χ1n) is 2.70. The maximum atomic E-state index is 10.4. The van der Waals surface area contributed by atoms with E-state index in [0.717, 1.165) is 0 Å². The van der Waals surface area contributed by atoms with E-state index in [4.69, 9.17) is 34.8 Å². The number of rotatable bonds is 1. The van der Waals surface area contributed by atoms with Crippen molar-refractivity contribution in [2.45, 2.75) is 0 Å². The summed E-state index contributed by atoms with van der Waals surface area (Å²) >= 11 is 14.2. The van der Waals surface area contributed by atoms with Gasteiger partial charge in [0.25, 0.3) is 0 Å². The van der Waals surface area contributed by atoms with E-state index < -0.39 is 10.2 Å². The smallest absolute Gasteiger partial charge is 0.210 e. The number of nitrogens with two attached hydrogens (primary N) is 1. The Bertz CT molecular complexity index is 320. The van der Waals surface area contributed by atoms with Crippen molar-refractivity contribution in [3.63, 3.8) is 0 Å². The minimum absolute atomic E-state index is 0.167. The maximum absolute atomic E-state index is 10.4. The normalized spacial score (nSPS) is 10.8. The van der Waals surface area contributed by atoms with Crippen molar-refractivity contribution in [2.24, 2.45) is 5.14 Å². The second kappa shape index (κ2) is 5.66. The molecule has 0 spiro atoms. The predicted octanol–water partition coefficient (Wildman–Crippen LogP) is 1.08. The van der Waals surface area contributed by atoms with Crippen molar-refractivity contribution < 1.29 is 8.42 Å². The molecule has 1 aromatic rings. The third kappa shape index (κ3) is 7.09. The van der Waals surface area contributed by atoms with Crippen LogP contribution in [0.5, 0.6) is 0 Å². The Kier molecular flexibility index (Phi) is 5.66. The summed E-state index contributed by atoms with van der Waals surface area (Å²) in [6.45, 7) is 0. The largest absolute Gasteiger partial charge is 0.317 e. The lowest BCUT2D eigenvalue weighted by molar-refractivity contribution is 0.582. The highest BCUT2D eigenvalue weighted by molar-refractivity contribution is 7.87. The van der Waals surface area contributed by atoms with Crippen LogP contribution in [0.15, 0.2) is 18.5 Å². The number of hydrogen-bond acceptors (Lipinski definition) is 3. The van der Waals surface area contributed by atoms with Crippen LogP contribution in [0.2, 0.25) is 0 Å². The Balaban J connectivity index is 0.000000310. The molecule has 0 fully saturated rings. The molecule has 0 unspecified atom stereocenters. The van der Waals surface area contributed by atoms with E-state index in [2.05, 4.69) is 10.2 Å². The van der Waals surface area contributed by atoms with Gasteiger partial charge in [-0.2, -0.15) is 17.6 Å². The quantitative estimate of drug-likeness (QED) is 0.825. The molecule has 1 heterocycles. The van der Waals surface area contributed by atoms with Gasteiger partial charge in [-0.25, -0.2) is 5.14 Å². The van der Waals surface area contributed by atoms with Gasteiger partial charge in [0.1, 0.15) is 0 Å². The summed E-state index contributed by atoms with van der Waals surface area (Å²) in [4.78, 5) is 0. The van der Waals surface area contributed by atoms with Gasteiger partial charge in [-0.05, 0) is 6.07 Å². The lowest BCUT2D eigenvalue weighted by Gasteiger charge is -1.92. The average molecular weight is 266 g/mol. The van der Waals surface area contributed by atoms with Gasteiger partial charge in [-0.1, -0.05) is 34.8 Å². The molecule has 0 bridgehead atoms. The van der Waals surface area contributed by atoms with Gasteiger partial charge in [0.2, 0.25) is 4.30 Å². The number of halogens is 3. The summed E-state index contributed by atoms with van der Waals surface area (Å²) < 4.78 is 21.3. The fourth-order valence-corrected chi connectivity index (χ4v) is 0.831. The summed E-state index contributed by atoms with van der Waals surface area (Å²) in [7, 11) is -3.65. The number of hydrogen-bond donors (Lipinski definition) is 1. The highest BCUT2D eigenvalue weighted by Gasteiger charge is 2.01. The van der Waals surface area contributed by atoms with Crippen LogP contribution in [0.4, 0.5) is 0 Å². The third-order valence-corrected chi connectivity index (χ3v) is 1.48. The molecule has 0 atom stereocenters. The molecule has 5 nitrogen and oxygen atoms in total. The van der Waals surface area contributed by atoms with Crippen molar-refractivity contribution >= 4 is 45.0 Å². The Hall–Kier alpha value is -0.0100. The highest BCUT2D eigenvalue weighted by Crippen LogP contribution is 2.15.